The third-order valence-corrected chi connectivity index (χ3v) is 5.31. The fraction of sp³-hybridized carbons (Fsp3) is 0.417. The lowest BCUT2D eigenvalue weighted by Gasteiger charge is -2.25. The number of carbonyl (C=O) groups is 2. The van der Waals surface area contributed by atoms with Crippen LogP contribution in [0.5, 0.6) is 11.5 Å². The van der Waals surface area contributed by atoms with Crippen LogP contribution in [-0.4, -0.2) is 55.6 Å². The van der Waals surface area contributed by atoms with E-state index in [1.807, 2.05) is 36.4 Å². The maximum Gasteiger partial charge on any atom is 0.260 e. The number of ether oxygens (including phenoxy) is 2. The molecule has 1 heterocycles. The summed E-state index contributed by atoms with van der Waals surface area (Å²) >= 11 is 0. The number of hydrogen-bond acceptors (Lipinski definition) is 5. The van der Waals surface area contributed by atoms with Crippen LogP contribution in [0.1, 0.15) is 31.7 Å². The van der Waals surface area contributed by atoms with E-state index in [9.17, 15) is 9.59 Å². The second-order valence-electron chi connectivity index (χ2n) is 7.48. The topological polar surface area (TPSA) is 80.6 Å². The second kappa shape index (κ2) is 10.7. The summed E-state index contributed by atoms with van der Waals surface area (Å²) in [6.45, 7) is 2.77. The molecule has 1 aromatic rings. The minimum absolute atomic E-state index is 0.0406. The van der Waals surface area contributed by atoms with E-state index in [1.54, 1.807) is 25.2 Å². The normalized spacial score (nSPS) is 17.0. The van der Waals surface area contributed by atoms with Crippen LogP contribution in [0.15, 0.2) is 52.5 Å². The number of rotatable bonds is 10. The van der Waals surface area contributed by atoms with Crippen molar-refractivity contribution in [2.45, 2.75) is 32.6 Å². The van der Waals surface area contributed by atoms with E-state index in [0.717, 1.165) is 18.4 Å². The van der Waals surface area contributed by atoms with Crippen molar-refractivity contribution in [1.29, 1.82) is 0 Å². The Morgan fingerprint density at radius 1 is 1.13 bits per heavy atom. The van der Waals surface area contributed by atoms with Crippen molar-refractivity contribution in [3.05, 3.63) is 48.1 Å². The molecule has 7 nitrogen and oxygen atoms in total. The first-order chi connectivity index (χ1) is 15.0. The maximum atomic E-state index is 12.9. The van der Waals surface area contributed by atoms with Crippen LogP contribution in [0.2, 0.25) is 0 Å². The first kappa shape index (κ1) is 22.5. The average Bonchev–Trinajstić information content (AvgIpc) is 2.79. The molecule has 0 radical (unpaired) electrons. The third-order valence-electron chi connectivity index (χ3n) is 5.31. The lowest BCUT2D eigenvalue weighted by atomic mass is 9.96. The Bertz CT molecular complexity index is 946. The molecule has 164 valence electrons. The monoisotopic (exact) mass is 423 g/mol. The molecule has 7 heteroatoms. The lowest BCUT2D eigenvalue weighted by molar-refractivity contribution is -0.130. The van der Waals surface area contributed by atoms with Gasteiger partial charge in [-0.25, -0.2) is 4.99 Å². The summed E-state index contributed by atoms with van der Waals surface area (Å²) < 4.78 is 10.7. The summed E-state index contributed by atoms with van der Waals surface area (Å²) in [7, 11) is 3.20. The zero-order valence-electron chi connectivity index (χ0n) is 18.3. The Hall–Kier alpha value is -3.22. The van der Waals surface area contributed by atoms with Crippen LogP contribution < -0.4 is 9.47 Å². The van der Waals surface area contributed by atoms with Crippen molar-refractivity contribution in [3.63, 3.8) is 0 Å². The molecule has 31 heavy (non-hydrogen) atoms. The van der Waals surface area contributed by atoms with Crippen molar-refractivity contribution in [1.82, 2.24) is 4.90 Å². The number of carbonyl (C=O) groups excluding carboxylic acids is 2. The van der Waals surface area contributed by atoms with Gasteiger partial charge < -0.3 is 14.4 Å². The molecular weight excluding hydrogens is 394 g/mol. The number of allylic oxidation sites excluding steroid dienone is 3. The van der Waals surface area contributed by atoms with Gasteiger partial charge in [0.05, 0.1) is 26.5 Å². The van der Waals surface area contributed by atoms with E-state index in [-0.39, 0.29) is 18.4 Å². The van der Waals surface area contributed by atoms with Crippen molar-refractivity contribution in [2.24, 2.45) is 15.9 Å². The highest BCUT2D eigenvalue weighted by atomic mass is 16.5. The van der Waals surface area contributed by atoms with Gasteiger partial charge in [-0.15, -0.1) is 0 Å². The number of methoxy groups -OCH3 is 2. The number of nitrogens with zero attached hydrogens (tertiary/aromatic N) is 3. The summed E-state index contributed by atoms with van der Waals surface area (Å²) in [6.07, 6.45) is 10.2. The van der Waals surface area contributed by atoms with Gasteiger partial charge in [0.15, 0.2) is 17.3 Å². The Labute approximate surface area is 183 Å². The number of benzene rings is 1. The fourth-order valence-electron chi connectivity index (χ4n) is 3.54. The quantitative estimate of drug-likeness (QED) is 0.578. The number of amidine groups is 1. The Balaban J connectivity index is 1.74. The van der Waals surface area contributed by atoms with Crippen LogP contribution in [0, 0.1) is 5.92 Å². The number of aliphatic imine (C=N–C) groups is 2. The molecule has 0 bridgehead atoms. The molecule has 0 aromatic heterocycles. The van der Waals surface area contributed by atoms with E-state index in [1.165, 1.54) is 0 Å². The van der Waals surface area contributed by atoms with Crippen LogP contribution in [0.3, 0.4) is 0 Å². The molecule has 1 unspecified atom stereocenters. The SMILES string of the molecule is CCCCC(=O)N(CCc1ccc(OC)c(OC)c1)CC1=NC(=O)C2C=CC=CC2=N1. The highest BCUT2D eigenvalue weighted by Gasteiger charge is 2.27. The largest absolute Gasteiger partial charge is 0.493 e. The summed E-state index contributed by atoms with van der Waals surface area (Å²) in [6, 6.07) is 5.73. The van der Waals surface area contributed by atoms with E-state index in [4.69, 9.17) is 9.47 Å². The standard InChI is InChI=1S/C24H29N3O4/c1-4-5-10-23(28)27(14-13-17-11-12-20(30-2)21(15-17)31-3)16-22-25-19-9-7-6-8-18(19)24(29)26-22/h6-9,11-12,15,18H,4-5,10,13-14,16H2,1-3H3. The first-order valence-electron chi connectivity index (χ1n) is 10.6. The molecule has 0 saturated carbocycles. The Kier molecular flexibility index (Phi) is 7.76. The average molecular weight is 424 g/mol. The van der Waals surface area contributed by atoms with E-state index >= 15 is 0 Å². The van der Waals surface area contributed by atoms with Gasteiger partial charge in [0, 0.05) is 13.0 Å². The molecular formula is C24H29N3O4. The van der Waals surface area contributed by atoms with Gasteiger partial charge in [-0.3, -0.25) is 9.59 Å². The van der Waals surface area contributed by atoms with Crippen molar-refractivity contribution in [3.8, 4) is 11.5 Å². The molecule has 2 amide bonds. The number of hydrogen-bond donors (Lipinski definition) is 0. The van der Waals surface area contributed by atoms with E-state index < -0.39 is 5.92 Å². The zero-order valence-corrected chi connectivity index (χ0v) is 18.3. The Morgan fingerprint density at radius 3 is 2.68 bits per heavy atom. The van der Waals surface area contributed by atoms with Crippen LogP contribution in [0.4, 0.5) is 0 Å². The highest BCUT2D eigenvalue weighted by molar-refractivity contribution is 6.21. The predicted molar refractivity (Wildman–Crippen MR) is 121 cm³/mol. The molecule has 1 aromatic carbocycles. The minimum Gasteiger partial charge on any atom is -0.493 e. The molecule has 2 aliphatic rings. The first-order valence-corrected chi connectivity index (χ1v) is 10.6. The molecule has 1 atom stereocenters. The lowest BCUT2D eigenvalue weighted by Crippen LogP contribution is -2.39. The van der Waals surface area contributed by atoms with Crippen molar-refractivity contribution < 1.29 is 19.1 Å². The molecule has 3 rings (SSSR count). The van der Waals surface area contributed by atoms with Crippen molar-refractivity contribution >= 4 is 23.4 Å². The molecule has 0 saturated heterocycles. The highest BCUT2D eigenvalue weighted by Crippen LogP contribution is 2.27. The Morgan fingerprint density at radius 2 is 1.94 bits per heavy atom. The zero-order chi connectivity index (χ0) is 22.2. The maximum absolute atomic E-state index is 12.9. The van der Waals surface area contributed by atoms with Crippen LogP contribution >= 0.6 is 0 Å². The molecule has 1 aliphatic carbocycles. The van der Waals surface area contributed by atoms with Crippen molar-refractivity contribution in [2.75, 3.05) is 27.3 Å². The fourth-order valence-corrected chi connectivity index (χ4v) is 3.54. The predicted octanol–water partition coefficient (Wildman–Crippen LogP) is 3.39. The third kappa shape index (κ3) is 5.69. The van der Waals surface area contributed by atoms with Gasteiger partial charge >= 0.3 is 0 Å². The summed E-state index contributed by atoms with van der Waals surface area (Å²) in [5, 5.41) is 0. The van der Waals surface area contributed by atoms with Crippen LogP contribution in [0.25, 0.3) is 0 Å². The second-order valence-corrected chi connectivity index (χ2v) is 7.48. The summed E-state index contributed by atoms with van der Waals surface area (Å²) in [4.78, 5) is 35.7. The summed E-state index contributed by atoms with van der Waals surface area (Å²) in [5.41, 5.74) is 1.71. The number of fused-ring (bicyclic) bond motifs is 1. The smallest absolute Gasteiger partial charge is 0.260 e. The van der Waals surface area contributed by atoms with E-state index in [0.29, 0.717) is 42.4 Å². The molecule has 0 fully saturated rings. The molecule has 1 aliphatic heterocycles. The van der Waals surface area contributed by atoms with Gasteiger partial charge in [-0.05, 0) is 36.6 Å². The number of unbranched alkanes of at least 4 members (excludes halogenated alkanes) is 1. The van der Waals surface area contributed by atoms with Crippen LogP contribution in [-0.2, 0) is 16.0 Å². The van der Waals surface area contributed by atoms with E-state index in [2.05, 4.69) is 16.9 Å². The minimum atomic E-state index is -0.412. The molecule has 0 spiro atoms. The number of amides is 2. The van der Waals surface area contributed by atoms with Gasteiger partial charge in [0.25, 0.3) is 5.91 Å². The summed E-state index contributed by atoms with van der Waals surface area (Å²) in [5.74, 6) is 1.09. The molecule has 0 N–H and O–H groups in total. The van der Waals surface area contributed by atoms with Gasteiger partial charge in [0.1, 0.15) is 5.92 Å². The van der Waals surface area contributed by atoms with Gasteiger partial charge in [-0.1, -0.05) is 37.6 Å². The van der Waals surface area contributed by atoms with Gasteiger partial charge in [-0.2, -0.15) is 4.99 Å². The van der Waals surface area contributed by atoms with Gasteiger partial charge in [0.2, 0.25) is 5.91 Å².